The van der Waals surface area contributed by atoms with Crippen molar-refractivity contribution >= 4 is 0 Å². The highest BCUT2D eigenvalue weighted by atomic mass is 14.2. The van der Waals surface area contributed by atoms with Crippen LogP contribution in [0.3, 0.4) is 0 Å². The van der Waals surface area contributed by atoms with Gasteiger partial charge in [0.1, 0.15) is 0 Å². The van der Waals surface area contributed by atoms with E-state index in [9.17, 15) is 0 Å². The average molecular weight is 283 g/mol. The zero-order valence-electron chi connectivity index (χ0n) is 15.1. The quantitative estimate of drug-likeness (QED) is 0.269. The summed E-state index contributed by atoms with van der Waals surface area (Å²) in [4.78, 5) is 0. The van der Waals surface area contributed by atoms with Gasteiger partial charge in [-0.25, -0.2) is 0 Å². The molecule has 2 unspecified atom stereocenters. The van der Waals surface area contributed by atoms with Gasteiger partial charge in [-0.2, -0.15) is 0 Å². The van der Waals surface area contributed by atoms with E-state index < -0.39 is 0 Å². The van der Waals surface area contributed by atoms with Gasteiger partial charge in [0.25, 0.3) is 0 Å². The van der Waals surface area contributed by atoms with Gasteiger partial charge in [-0.15, -0.1) is 0 Å². The van der Waals surface area contributed by atoms with Crippen LogP contribution < -0.4 is 0 Å². The van der Waals surface area contributed by atoms with Crippen LogP contribution in [0.25, 0.3) is 0 Å². The fourth-order valence-corrected chi connectivity index (χ4v) is 3.38. The molecule has 0 bridgehead atoms. The van der Waals surface area contributed by atoms with Gasteiger partial charge in [0.15, 0.2) is 0 Å². The molecular formula is C20H42. The maximum Gasteiger partial charge on any atom is -0.0391 e. The predicted octanol–water partition coefficient (Wildman–Crippen LogP) is 7.76. The van der Waals surface area contributed by atoms with Crippen LogP contribution in [0.4, 0.5) is 0 Å². The number of hydrogen-bond acceptors (Lipinski definition) is 0. The minimum atomic E-state index is 0.956. The Bertz CT molecular complexity index is 173. The molecule has 0 fully saturated rings. The molecule has 0 rings (SSSR count). The Morgan fingerprint density at radius 2 is 1.00 bits per heavy atom. The Morgan fingerprint density at radius 1 is 0.550 bits per heavy atom. The van der Waals surface area contributed by atoms with Gasteiger partial charge < -0.3 is 0 Å². The molecule has 0 aliphatic heterocycles. The summed E-state index contributed by atoms with van der Waals surface area (Å²) < 4.78 is 0. The van der Waals surface area contributed by atoms with Crippen molar-refractivity contribution in [1.29, 1.82) is 0 Å². The van der Waals surface area contributed by atoms with Crippen LogP contribution in [-0.4, -0.2) is 0 Å². The monoisotopic (exact) mass is 282 g/mol. The Balaban J connectivity index is 3.55. The van der Waals surface area contributed by atoms with Gasteiger partial charge in [0.2, 0.25) is 0 Å². The molecule has 20 heavy (non-hydrogen) atoms. The zero-order valence-corrected chi connectivity index (χ0v) is 15.1. The normalized spacial score (nSPS) is 14.4. The molecule has 0 heteroatoms. The minimum absolute atomic E-state index is 0.956. The second-order valence-corrected chi connectivity index (χ2v) is 6.90. The van der Waals surface area contributed by atoms with Gasteiger partial charge in [-0.1, -0.05) is 118 Å². The highest BCUT2D eigenvalue weighted by Crippen LogP contribution is 2.27. The molecule has 0 radical (unpaired) electrons. The van der Waals surface area contributed by atoms with E-state index in [1.165, 1.54) is 89.9 Å². The van der Waals surface area contributed by atoms with Crippen molar-refractivity contribution in [3.05, 3.63) is 0 Å². The summed E-state index contributed by atoms with van der Waals surface area (Å²) in [5.41, 5.74) is 0. The lowest BCUT2D eigenvalue weighted by molar-refractivity contribution is 0.291. The topological polar surface area (TPSA) is 0 Å². The highest BCUT2D eigenvalue weighted by molar-refractivity contribution is 4.66. The Morgan fingerprint density at radius 3 is 1.50 bits per heavy atom. The maximum absolute atomic E-state index is 2.51. The van der Waals surface area contributed by atoms with Crippen molar-refractivity contribution in [3.63, 3.8) is 0 Å². The molecule has 122 valence electrons. The van der Waals surface area contributed by atoms with E-state index in [1.807, 2.05) is 0 Å². The average Bonchev–Trinajstić information content (AvgIpc) is 2.46. The highest BCUT2D eigenvalue weighted by Gasteiger charge is 2.14. The summed E-state index contributed by atoms with van der Waals surface area (Å²) in [7, 11) is 0. The van der Waals surface area contributed by atoms with Crippen molar-refractivity contribution < 1.29 is 0 Å². The smallest absolute Gasteiger partial charge is 0.0391 e. The lowest BCUT2D eigenvalue weighted by atomic mass is 9.83. The van der Waals surface area contributed by atoms with Gasteiger partial charge >= 0.3 is 0 Å². The molecule has 0 saturated heterocycles. The lowest BCUT2D eigenvalue weighted by Crippen LogP contribution is -2.11. The molecule has 0 N–H and O–H groups in total. The molecule has 0 nitrogen and oxygen atoms in total. The van der Waals surface area contributed by atoms with E-state index in [1.54, 1.807) is 0 Å². The van der Waals surface area contributed by atoms with E-state index >= 15 is 0 Å². The first-order chi connectivity index (χ1) is 9.76. The fourth-order valence-electron chi connectivity index (χ4n) is 3.38. The summed E-state index contributed by atoms with van der Waals surface area (Å²) in [6.45, 7) is 9.51. The first-order valence-corrected chi connectivity index (χ1v) is 9.76. The summed E-state index contributed by atoms with van der Waals surface area (Å²) in [6.07, 6.45) is 20.2. The molecule has 0 aliphatic carbocycles. The van der Waals surface area contributed by atoms with E-state index in [-0.39, 0.29) is 0 Å². The van der Waals surface area contributed by atoms with E-state index in [0.29, 0.717) is 0 Å². The molecule has 0 saturated carbocycles. The molecular weight excluding hydrogens is 240 g/mol. The second-order valence-electron chi connectivity index (χ2n) is 6.90. The summed E-state index contributed by atoms with van der Waals surface area (Å²) in [6, 6.07) is 0. The van der Waals surface area contributed by atoms with Gasteiger partial charge in [0, 0.05) is 0 Å². The SMILES string of the molecule is CCCCCCCCC(CC)C(C)CCCCCCC. The number of rotatable bonds is 15. The third-order valence-electron chi connectivity index (χ3n) is 5.02. The molecule has 0 aliphatic rings. The first-order valence-electron chi connectivity index (χ1n) is 9.76. The van der Waals surface area contributed by atoms with Crippen molar-refractivity contribution in [1.82, 2.24) is 0 Å². The van der Waals surface area contributed by atoms with Gasteiger partial charge in [-0.3, -0.25) is 0 Å². The van der Waals surface area contributed by atoms with Crippen molar-refractivity contribution in [2.45, 2.75) is 118 Å². The third kappa shape index (κ3) is 11.8. The molecule has 2 atom stereocenters. The Kier molecular flexibility index (Phi) is 15.4. The Hall–Kier alpha value is 0. The number of hydrogen-bond donors (Lipinski definition) is 0. The van der Waals surface area contributed by atoms with Crippen LogP contribution >= 0.6 is 0 Å². The van der Waals surface area contributed by atoms with Crippen LogP contribution in [0.1, 0.15) is 118 Å². The lowest BCUT2D eigenvalue weighted by Gasteiger charge is -2.22. The first kappa shape index (κ1) is 20.0. The maximum atomic E-state index is 2.51. The number of unbranched alkanes of at least 4 members (excludes halogenated alkanes) is 9. The zero-order chi connectivity index (χ0) is 15.1. The van der Waals surface area contributed by atoms with E-state index in [0.717, 1.165) is 11.8 Å². The van der Waals surface area contributed by atoms with Crippen LogP contribution in [0.5, 0.6) is 0 Å². The van der Waals surface area contributed by atoms with Crippen LogP contribution in [0.2, 0.25) is 0 Å². The van der Waals surface area contributed by atoms with Crippen molar-refractivity contribution in [2.75, 3.05) is 0 Å². The standard InChI is InChI=1S/C20H42/c1-5-8-10-12-14-16-18-20(7-3)19(4)17-15-13-11-9-6-2/h19-20H,5-18H2,1-4H3. The van der Waals surface area contributed by atoms with Gasteiger partial charge in [-0.05, 0) is 11.8 Å². The second kappa shape index (κ2) is 15.4. The van der Waals surface area contributed by atoms with E-state index in [2.05, 4.69) is 27.7 Å². The Labute approximate surface area is 130 Å². The molecule has 0 heterocycles. The minimum Gasteiger partial charge on any atom is -0.0654 e. The van der Waals surface area contributed by atoms with Gasteiger partial charge in [0.05, 0.1) is 0 Å². The fraction of sp³-hybridized carbons (Fsp3) is 1.00. The van der Waals surface area contributed by atoms with Crippen molar-refractivity contribution in [3.8, 4) is 0 Å². The third-order valence-corrected chi connectivity index (χ3v) is 5.02. The van der Waals surface area contributed by atoms with Crippen LogP contribution in [0.15, 0.2) is 0 Å². The molecule has 0 aromatic heterocycles. The molecule has 0 aromatic carbocycles. The van der Waals surface area contributed by atoms with Crippen LogP contribution in [-0.2, 0) is 0 Å². The largest absolute Gasteiger partial charge is 0.0654 e. The predicted molar refractivity (Wildman–Crippen MR) is 94.3 cm³/mol. The summed E-state index contributed by atoms with van der Waals surface area (Å²) >= 11 is 0. The van der Waals surface area contributed by atoms with E-state index in [4.69, 9.17) is 0 Å². The molecule has 0 spiro atoms. The van der Waals surface area contributed by atoms with Crippen molar-refractivity contribution in [2.24, 2.45) is 11.8 Å². The van der Waals surface area contributed by atoms with Crippen LogP contribution in [0, 0.1) is 11.8 Å². The summed E-state index contributed by atoms with van der Waals surface area (Å²) in [5, 5.41) is 0. The molecule has 0 aromatic rings. The summed E-state index contributed by atoms with van der Waals surface area (Å²) in [5.74, 6) is 1.95. The molecule has 0 amide bonds.